The molecular weight excluding hydrogens is 334 g/mol. The van der Waals surface area contributed by atoms with Crippen molar-refractivity contribution < 1.29 is 20.4 Å². The van der Waals surface area contributed by atoms with Gasteiger partial charge in [0.05, 0.1) is 0 Å². The Bertz CT molecular complexity index is 81.0. The number of rotatable bonds is 1. The van der Waals surface area contributed by atoms with Gasteiger partial charge in [-0.3, -0.25) is 0 Å². The topological polar surface area (TPSA) is 17.3 Å². The molecule has 0 aromatic rings. The van der Waals surface area contributed by atoms with Gasteiger partial charge in [0.15, 0.2) is 0 Å². The van der Waals surface area contributed by atoms with E-state index in [9.17, 15) is 0 Å². The molecule has 1 radical (unpaired) electrons. The first kappa shape index (κ1) is 16.0. The zero-order valence-corrected chi connectivity index (χ0v) is 11.9. The number of hydrogen-bond donors (Lipinski definition) is 0. The van der Waals surface area contributed by atoms with Crippen molar-refractivity contribution in [3.05, 3.63) is 5.32 Å². The van der Waals surface area contributed by atoms with E-state index >= 15 is 0 Å². The molecule has 0 aromatic heterocycles. The molecule has 1 rings (SSSR count). The van der Waals surface area contributed by atoms with Gasteiger partial charge in [-0.1, -0.05) is 33.6 Å². The van der Waals surface area contributed by atoms with Crippen molar-refractivity contribution in [1.29, 1.82) is 0 Å². The second kappa shape index (κ2) is 12.6. The molecule has 0 atom stereocenters. The zero-order chi connectivity index (χ0) is 9.23. The summed E-state index contributed by atoms with van der Waals surface area (Å²) in [6, 6.07) is 0. The van der Waals surface area contributed by atoms with Crippen molar-refractivity contribution in [2.75, 3.05) is 32.7 Å². The van der Waals surface area contributed by atoms with Crippen molar-refractivity contribution in [1.82, 2.24) is 4.90 Å². The average molecular weight is 358 g/mol. The summed E-state index contributed by atoms with van der Waals surface area (Å²) in [5.41, 5.74) is 0. The quantitative estimate of drug-likeness (QED) is 0.705. The molecule has 0 spiro atoms. The Morgan fingerprint density at radius 3 is 2.23 bits per heavy atom. The monoisotopic (exact) mass is 358 g/mol. The van der Waals surface area contributed by atoms with Crippen LogP contribution in [0.4, 0.5) is 0 Å². The maximum absolute atomic E-state index is 4.33. The largest absolute Gasteiger partial charge is 0.661 e. The molecular formula is C10H23N2Re-. The molecule has 1 aliphatic rings. The first-order valence-electron chi connectivity index (χ1n) is 5.20. The van der Waals surface area contributed by atoms with Gasteiger partial charge in [0.2, 0.25) is 0 Å². The van der Waals surface area contributed by atoms with Crippen LogP contribution >= 0.6 is 0 Å². The van der Waals surface area contributed by atoms with Crippen LogP contribution in [0.2, 0.25) is 0 Å². The minimum Gasteiger partial charge on any atom is -0.661 e. The SMILES string of the molecule is CCC.CCN1CCC[N-]CC1.[Re]. The Labute approximate surface area is 97.1 Å². The molecule has 0 bridgehead atoms. The maximum Gasteiger partial charge on any atom is 0 e. The number of hydrogen-bond acceptors (Lipinski definition) is 1. The fourth-order valence-corrected chi connectivity index (χ4v) is 1.16. The van der Waals surface area contributed by atoms with Crippen molar-refractivity contribution in [3.63, 3.8) is 0 Å². The van der Waals surface area contributed by atoms with Crippen LogP contribution in [0.3, 0.4) is 0 Å². The molecule has 81 valence electrons. The fraction of sp³-hybridized carbons (Fsp3) is 1.00. The fourth-order valence-electron chi connectivity index (χ4n) is 1.16. The van der Waals surface area contributed by atoms with Crippen LogP contribution < -0.4 is 0 Å². The van der Waals surface area contributed by atoms with Crippen molar-refractivity contribution in [3.8, 4) is 0 Å². The molecule has 0 amide bonds. The van der Waals surface area contributed by atoms with Crippen LogP contribution in [0.25, 0.3) is 5.32 Å². The molecule has 0 saturated carbocycles. The molecule has 1 saturated heterocycles. The zero-order valence-electron chi connectivity index (χ0n) is 9.22. The Morgan fingerprint density at radius 2 is 1.69 bits per heavy atom. The molecule has 13 heavy (non-hydrogen) atoms. The predicted molar refractivity (Wildman–Crippen MR) is 55.8 cm³/mol. The third kappa shape index (κ3) is 10.5. The number of nitrogens with zero attached hydrogens (tertiary/aromatic N) is 2. The Morgan fingerprint density at radius 1 is 1.08 bits per heavy atom. The van der Waals surface area contributed by atoms with Gasteiger partial charge in [0.1, 0.15) is 0 Å². The van der Waals surface area contributed by atoms with Gasteiger partial charge >= 0.3 is 0 Å². The third-order valence-electron chi connectivity index (χ3n) is 1.81. The van der Waals surface area contributed by atoms with E-state index in [0.717, 1.165) is 13.1 Å². The van der Waals surface area contributed by atoms with Crippen LogP contribution in [0.15, 0.2) is 0 Å². The first-order chi connectivity index (χ1) is 5.85. The van der Waals surface area contributed by atoms with E-state index in [0.29, 0.717) is 0 Å². The summed E-state index contributed by atoms with van der Waals surface area (Å²) < 4.78 is 0. The van der Waals surface area contributed by atoms with Gasteiger partial charge in [-0.05, 0) is 19.6 Å². The standard InChI is InChI=1S/C7H15N2.C3H8.Re/c1-2-9-6-3-4-8-5-7-9;1-3-2;/h2-7H2,1H3;3H2,1-2H3;/q-1;;. The van der Waals surface area contributed by atoms with E-state index in [4.69, 9.17) is 0 Å². The third-order valence-corrected chi connectivity index (χ3v) is 1.81. The van der Waals surface area contributed by atoms with Crippen molar-refractivity contribution in [2.24, 2.45) is 0 Å². The molecule has 3 heteroatoms. The molecule has 0 aromatic carbocycles. The van der Waals surface area contributed by atoms with E-state index in [1.165, 1.54) is 32.5 Å². The molecule has 0 N–H and O–H groups in total. The average Bonchev–Trinajstić information content (AvgIpc) is 2.33. The second-order valence-corrected chi connectivity index (χ2v) is 3.17. The van der Waals surface area contributed by atoms with E-state index < -0.39 is 0 Å². The summed E-state index contributed by atoms with van der Waals surface area (Å²) in [6.45, 7) is 12.2. The molecule has 0 aliphatic carbocycles. The normalized spacial score (nSPS) is 17.8. The van der Waals surface area contributed by atoms with Gasteiger partial charge in [-0.15, -0.1) is 13.1 Å². The van der Waals surface area contributed by atoms with E-state index in [1.807, 2.05) is 0 Å². The van der Waals surface area contributed by atoms with Crippen molar-refractivity contribution in [2.45, 2.75) is 33.6 Å². The minimum atomic E-state index is 0. The van der Waals surface area contributed by atoms with Crippen LogP contribution in [-0.4, -0.2) is 37.6 Å². The van der Waals surface area contributed by atoms with Crippen LogP contribution in [0, 0.1) is 0 Å². The molecule has 1 aliphatic heterocycles. The summed E-state index contributed by atoms with van der Waals surface area (Å²) >= 11 is 0. The molecule has 2 nitrogen and oxygen atoms in total. The van der Waals surface area contributed by atoms with Gasteiger partial charge in [-0.2, -0.15) is 0 Å². The number of likely N-dealkylation sites (N-methyl/N-ethyl adjacent to an activating group) is 1. The van der Waals surface area contributed by atoms with Gasteiger partial charge < -0.3 is 10.2 Å². The van der Waals surface area contributed by atoms with E-state index in [2.05, 4.69) is 31.0 Å². The summed E-state index contributed by atoms with van der Waals surface area (Å²) in [6.07, 6.45) is 2.51. The minimum absolute atomic E-state index is 0. The van der Waals surface area contributed by atoms with Gasteiger partial charge in [0, 0.05) is 20.4 Å². The second-order valence-electron chi connectivity index (χ2n) is 3.17. The Kier molecular flexibility index (Phi) is 15.5. The van der Waals surface area contributed by atoms with Gasteiger partial charge in [0.25, 0.3) is 0 Å². The van der Waals surface area contributed by atoms with Crippen LogP contribution in [0.5, 0.6) is 0 Å². The summed E-state index contributed by atoms with van der Waals surface area (Å²) in [7, 11) is 0. The molecule has 1 heterocycles. The maximum atomic E-state index is 4.33. The molecule has 0 unspecified atom stereocenters. The summed E-state index contributed by atoms with van der Waals surface area (Å²) in [5, 5.41) is 4.33. The molecule has 1 fully saturated rings. The summed E-state index contributed by atoms with van der Waals surface area (Å²) in [5.74, 6) is 0. The Balaban J connectivity index is 0. The van der Waals surface area contributed by atoms with Crippen molar-refractivity contribution >= 4 is 0 Å². The van der Waals surface area contributed by atoms with E-state index in [1.54, 1.807) is 0 Å². The smallest absolute Gasteiger partial charge is 0 e. The Hall–Kier alpha value is 0.582. The summed E-state index contributed by atoms with van der Waals surface area (Å²) in [4.78, 5) is 2.45. The van der Waals surface area contributed by atoms with Crippen LogP contribution in [-0.2, 0) is 20.4 Å². The van der Waals surface area contributed by atoms with Crippen LogP contribution in [0.1, 0.15) is 33.6 Å². The predicted octanol–water partition coefficient (Wildman–Crippen LogP) is 2.50. The van der Waals surface area contributed by atoms with E-state index in [-0.39, 0.29) is 20.4 Å². The van der Waals surface area contributed by atoms with Gasteiger partial charge in [-0.25, -0.2) is 0 Å². The first-order valence-corrected chi connectivity index (χ1v) is 5.20.